The fourth-order valence-corrected chi connectivity index (χ4v) is 2.99. The number of nitrogens with two attached hydrogens (primary N) is 2. The van der Waals surface area contributed by atoms with Crippen LogP contribution in [0.3, 0.4) is 0 Å². The van der Waals surface area contributed by atoms with Crippen LogP contribution in [0.15, 0.2) is 0 Å². The summed E-state index contributed by atoms with van der Waals surface area (Å²) in [7, 11) is 0. The lowest BCUT2D eigenvalue weighted by Crippen LogP contribution is -2.48. The van der Waals surface area contributed by atoms with Gasteiger partial charge in [-0.15, -0.1) is 0 Å². The third kappa shape index (κ3) is 15.6. The van der Waals surface area contributed by atoms with Crippen LogP contribution in [0.25, 0.3) is 0 Å². The van der Waals surface area contributed by atoms with Crippen molar-refractivity contribution in [2.45, 2.75) is 83.7 Å². The summed E-state index contributed by atoms with van der Waals surface area (Å²) in [5, 5.41) is 9.48. The molecule has 12 heteroatoms. The molecule has 0 fully saturated rings. The van der Waals surface area contributed by atoms with Gasteiger partial charge in [0, 0.05) is 26.7 Å². The van der Waals surface area contributed by atoms with Gasteiger partial charge in [-0.05, 0) is 58.0 Å². The number of carbonyl (C=O) groups excluding carboxylic acids is 6. The van der Waals surface area contributed by atoms with Gasteiger partial charge >= 0.3 is 0 Å². The highest BCUT2D eigenvalue weighted by atomic mass is 16.2. The van der Waals surface area contributed by atoms with Crippen molar-refractivity contribution < 1.29 is 28.8 Å². The normalized spacial score (nSPS) is 12.2. The minimum Gasteiger partial charge on any atom is -0.344 e. The monoisotopic (exact) mass is 470 g/mol. The SMILES string of the molecule is CC(=O)NC(=O)C(CCCCN)NC(=O)CCCC(=O)NC(CCCCN)C(=O)NC(C)=O. The molecule has 0 aromatic rings. The second-order valence-corrected chi connectivity index (χ2v) is 7.75. The average molecular weight is 471 g/mol. The molecule has 0 radical (unpaired) electrons. The summed E-state index contributed by atoms with van der Waals surface area (Å²) >= 11 is 0. The Labute approximate surface area is 194 Å². The van der Waals surface area contributed by atoms with Gasteiger partial charge in [0.1, 0.15) is 12.1 Å². The molecule has 12 nitrogen and oxygen atoms in total. The maximum atomic E-state index is 12.2. The van der Waals surface area contributed by atoms with E-state index in [2.05, 4.69) is 21.3 Å². The predicted molar refractivity (Wildman–Crippen MR) is 121 cm³/mol. The Morgan fingerprint density at radius 3 is 1.27 bits per heavy atom. The second-order valence-electron chi connectivity index (χ2n) is 7.75. The molecule has 33 heavy (non-hydrogen) atoms. The summed E-state index contributed by atoms with van der Waals surface area (Å²) in [4.78, 5) is 71.0. The summed E-state index contributed by atoms with van der Waals surface area (Å²) in [5.41, 5.74) is 10.9. The van der Waals surface area contributed by atoms with E-state index in [0.29, 0.717) is 51.6 Å². The molecule has 0 aliphatic carbocycles. The van der Waals surface area contributed by atoms with Gasteiger partial charge in [-0.1, -0.05) is 0 Å². The molecule has 6 amide bonds. The third-order valence-corrected chi connectivity index (χ3v) is 4.60. The number of hydrogen-bond acceptors (Lipinski definition) is 8. The van der Waals surface area contributed by atoms with Crippen LogP contribution in [0.2, 0.25) is 0 Å². The molecular weight excluding hydrogens is 432 g/mol. The van der Waals surface area contributed by atoms with E-state index in [9.17, 15) is 28.8 Å². The van der Waals surface area contributed by atoms with E-state index in [1.54, 1.807) is 0 Å². The molecule has 8 N–H and O–H groups in total. The molecule has 0 saturated carbocycles. The Morgan fingerprint density at radius 2 is 0.970 bits per heavy atom. The van der Waals surface area contributed by atoms with Crippen LogP contribution in [-0.4, -0.2) is 60.6 Å². The van der Waals surface area contributed by atoms with Crippen LogP contribution in [-0.2, 0) is 28.8 Å². The lowest BCUT2D eigenvalue weighted by molar-refractivity contribution is -0.134. The minimum atomic E-state index is -0.871. The first-order valence-corrected chi connectivity index (χ1v) is 11.2. The number of carbonyl (C=O) groups is 6. The highest BCUT2D eigenvalue weighted by molar-refractivity contribution is 5.99. The van der Waals surface area contributed by atoms with E-state index >= 15 is 0 Å². The number of rotatable bonds is 16. The van der Waals surface area contributed by atoms with Gasteiger partial charge in [-0.3, -0.25) is 39.4 Å². The van der Waals surface area contributed by atoms with E-state index in [1.807, 2.05) is 0 Å². The first kappa shape index (κ1) is 30.1. The van der Waals surface area contributed by atoms with E-state index in [-0.39, 0.29) is 19.3 Å². The van der Waals surface area contributed by atoms with Gasteiger partial charge in [0.15, 0.2) is 0 Å². The molecule has 188 valence electrons. The van der Waals surface area contributed by atoms with Gasteiger partial charge in [0.2, 0.25) is 35.4 Å². The van der Waals surface area contributed by atoms with Crippen molar-refractivity contribution in [2.24, 2.45) is 11.5 Å². The highest BCUT2D eigenvalue weighted by Crippen LogP contribution is 2.05. The quantitative estimate of drug-likeness (QED) is 0.149. The van der Waals surface area contributed by atoms with Gasteiger partial charge in [-0.2, -0.15) is 0 Å². The summed E-state index contributed by atoms with van der Waals surface area (Å²) in [6, 6.07) is -1.74. The first-order valence-electron chi connectivity index (χ1n) is 11.2. The van der Waals surface area contributed by atoms with E-state index < -0.39 is 47.5 Å². The highest BCUT2D eigenvalue weighted by Gasteiger charge is 2.23. The lowest BCUT2D eigenvalue weighted by atomic mass is 10.1. The zero-order chi connectivity index (χ0) is 25.2. The van der Waals surface area contributed by atoms with Crippen LogP contribution in [0, 0.1) is 0 Å². The summed E-state index contributed by atoms with van der Waals surface area (Å²) < 4.78 is 0. The maximum absolute atomic E-state index is 12.2. The van der Waals surface area contributed by atoms with Gasteiger partial charge in [-0.25, -0.2) is 0 Å². The summed E-state index contributed by atoms with van der Waals surface area (Å²) in [6.45, 7) is 3.30. The van der Waals surface area contributed by atoms with E-state index in [4.69, 9.17) is 11.5 Å². The number of hydrogen-bond donors (Lipinski definition) is 6. The van der Waals surface area contributed by atoms with Gasteiger partial charge in [0.05, 0.1) is 0 Å². The van der Waals surface area contributed by atoms with Crippen molar-refractivity contribution >= 4 is 35.4 Å². The van der Waals surface area contributed by atoms with Crippen molar-refractivity contribution in [1.29, 1.82) is 0 Å². The molecule has 0 rings (SSSR count). The molecule has 0 spiro atoms. The van der Waals surface area contributed by atoms with E-state index in [0.717, 1.165) is 0 Å². The number of amides is 6. The predicted octanol–water partition coefficient (Wildman–Crippen LogP) is -1.29. The lowest BCUT2D eigenvalue weighted by Gasteiger charge is -2.18. The van der Waals surface area contributed by atoms with Crippen LogP contribution in [0.5, 0.6) is 0 Å². The Morgan fingerprint density at radius 1 is 0.606 bits per heavy atom. The molecule has 0 aliphatic heterocycles. The molecule has 0 aromatic heterocycles. The number of unbranched alkanes of at least 4 members (excludes halogenated alkanes) is 2. The number of imide groups is 2. The molecular formula is C21H38N6O6. The standard InChI is InChI=1S/C21H38N6O6/c1-14(28)24-20(32)16(8-3-5-12-22)26-18(30)10-7-11-19(31)27-17(9-4-6-13-23)21(33)25-15(2)29/h16-17H,3-13,22-23H2,1-2H3,(H,26,30)(H,27,31)(H,24,28,32)(H,25,29,33). The molecule has 0 heterocycles. The van der Waals surface area contributed by atoms with Crippen LogP contribution in [0.4, 0.5) is 0 Å². The fourth-order valence-electron chi connectivity index (χ4n) is 2.99. The van der Waals surface area contributed by atoms with Crippen molar-refractivity contribution in [3.63, 3.8) is 0 Å². The molecule has 0 bridgehead atoms. The molecule has 0 saturated heterocycles. The molecule has 2 atom stereocenters. The fraction of sp³-hybridized carbons (Fsp3) is 0.714. The first-order chi connectivity index (χ1) is 15.6. The van der Waals surface area contributed by atoms with Crippen molar-refractivity contribution in [1.82, 2.24) is 21.3 Å². The molecule has 0 aliphatic rings. The summed E-state index contributed by atoms with van der Waals surface area (Å²) in [5.74, 6) is -3.11. The van der Waals surface area contributed by atoms with Crippen LogP contribution < -0.4 is 32.7 Å². The van der Waals surface area contributed by atoms with Crippen LogP contribution in [0.1, 0.15) is 71.6 Å². The third-order valence-electron chi connectivity index (χ3n) is 4.60. The maximum Gasteiger partial charge on any atom is 0.249 e. The van der Waals surface area contributed by atoms with Crippen molar-refractivity contribution in [3.05, 3.63) is 0 Å². The Hall–Kier alpha value is -2.86. The van der Waals surface area contributed by atoms with Crippen LogP contribution >= 0.6 is 0 Å². The minimum absolute atomic E-state index is 0.0222. The Kier molecular flexibility index (Phi) is 16.1. The topological polar surface area (TPSA) is 203 Å². The summed E-state index contributed by atoms with van der Waals surface area (Å²) in [6.07, 6.45) is 3.35. The zero-order valence-electron chi connectivity index (χ0n) is 19.5. The molecule has 2 unspecified atom stereocenters. The molecule has 0 aromatic carbocycles. The van der Waals surface area contributed by atoms with Gasteiger partial charge < -0.3 is 22.1 Å². The Balaban J connectivity index is 4.65. The average Bonchev–Trinajstić information content (AvgIpc) is 2.71. The zero-order valence-corrected chi connectivity index (χ0v) is 19.5. The number of nitrogens with one attached hydrogen (secondary N) is 4. The Bertz CT molecular complexity index is 628. The smallest absolute Gasteiger partial charge is 0.249 e. The van der Waals surface area contributed by atoms with Crippen molar-refractivity contribution in [2.75, 3.05) is 13.1 Å². The second kappa shape index (κ2) is 17.7. The van der Waals surface area contributed by atoms with Crippen molar-refractivity contribution in [3.8, 4) is 0 Å². The van der Waals surface area contributed by atoms with Gasteiger partial charge in [0.25, 0.3) is 0 Å². The largest absolute Gasteiger partial charge is 0.344 e. The van der Waals surface area contributed by atoms with E-state index in [1.165, 1.54) is 13.8 Å².